The zero-order valence-electron chi connectivity index (χ0n) is 7.02. The fraction of sp³-hybridized carbons (Fsp3) is 0.750. The van der Waals surface area contributed by atoms with Gasteiger partial charge in [0.05, 0.1) is 5.41 Å². The second-order valence-corrected chi connectivity index (χ2v) is 2.80. The Balaban J connectivity index is 4.55. The maximum Gasteiger partial charge on any atom is 0.143 e. The van der Waals surface area contributed by atoms with Gasteiger partial charge in [-0.05, 0) is 27.2 Å². The van der Waals surface area contributed by atoms with E-state index in [1.807, 2.05) is 6.92 Å². The van der Waals surface area contributed by atoms with Crippen LogP contribution in [-0.4, -0.2) is 11.6 Å². The number of hydrogen-bond acceptors (Lipinski definition) is 2. The molecule has 0 saturated heterocycles. The lowest BCUT2D eigenvalue weighted by molar-refractivity contribution is -0.137. The van der Waals surface area contributed by atoms with Crippen LogP contribution in [0, 0.1) is 5.41 Å². The quantitative estimate of drug-likeness (QED) is 0.560. The summed E-state index contributed by atoms with van der Waals surface area (Å²) in [5.74, 6) is -0.0787. The van der Waals surface area contributed by atoms with Crippen molar-refractivity contribution in [3.63, 3.8) is 0 Å². The van der Waals surface area contributed by atoms with Crippen molar-refractivity contribution in [2.45, 2.75) is 34.1 Å². The Morgan fingerprint density at radius 1 is 1.20 bits per heavy atom. The molecule has 0 aliphatic carbocycles. The molecule has 0 heterocycles. The minimum atomic E-state index is -0.736. The first-order chi connectivity index (χ1) is 4.45. The molecular weight excluding hydrogens is 128 g/mol. The molecule has 0 saturated carbocycles. The minimum Gasteiger partial charge on any atom is -0.299 e. The zero-order valence-corrected chi connectivity index (χ0v) is 7.02. The van der Waals surface area contributed by atoms with Crippen LogP contribution in [0.3, 0.4) is 0 Å². The highest BCUT2D eigenvalue weighted by Gasteiger charge is 2.32. The van der Waals surface area contributed by atoms with Crippen LogP contribution in [0.15, 0.2) is 0 Å². The van der Waals surface area contributed by atoms with E-state index in [0.717, 1.165) is 0 Å². The van der Waals surface area contributed by atoms with Gasteiger partial charge in [-0.1, -0.05) is 6.92 Å². The second kappa shape index (κ2) is 2.95. The Kier molecular flexibility index (Phi) is 2.76. The lowest BCUT2D eigenvalue weighted by Gasteiger charge is -2.20. The first kappa shape index (κ1) is 9.34. The van der Waals surface area contributed by atoms with E-state index in [0.29, 0.717) is 6.42 Å². The van der Waals surface area contributed by atoms with Gasteiger partial charge in [0, 0.05) is 0 Å². The van der Waals surface area contributed by atoms with Gasteiger partial charge in [-0.25, -0.2) is 0 Å². The van der Waals surface area contributed by atoms with Gasteiger partial charge < -0.3 is 0 Å². The van der Waals surface area contributed by atoms with Gasteiger partial charge in [0.1, 0.15) is 11.6 Å². The van der Waals surface area contributed by atoms with Crippen LogP contribution in [0.2, 0.25) is 0 Å². The smallest absolute Gasteiger partial charge is 0.143 e. The first-order valence-electron chi connectivity index (χ1n) is 3.47. The van der Waals surface area contributed by atoms with Crippen molar-refractivity contribution in [1.82, 2.24) is 0 Å². The van der Waals surface area contributed by atoms with Gasteiger partial charge in [0.2, 0.25) is 0 Å². The maximum atomic E-state index is 10.9. The Morgan fingerprint density at radius 2 is 1.50 bits per heavy atom. The molecule has 0 N–H and O–H groups in total. The summed E-state index contributed by atoms with van der Waals surface area (Å²) >= 11 is 0. The number of rotatable bonds is 3. The molecule has 0 aliphatic heterocycles. The summed E-state index contributed by atoms with van der Waals surface area (Å²) < 4.78 is 0. The van der Waals surface area contributed by atoms with Crippen LogP contribution in [0.1, 0.15) is 34.1 Å². The summed E-state index contributed by atoms with van der Waals surface area (Å²) in [7, 11) is 0. The third-order valence-electron chi connectivity index (χ3n) is 2.26. The fourth-order valence-corrected chi connectivity index (χ4v) is 0.746. The van der Waals surface area contributed by atoms with E-state index in [-0.39, 0.29) is 11.6 Å². The third kappa shape index (κ3) is 1.43. The molecule has 0 spiro atoms. The molecule has 0 rings (SSSR count). The number of Topliss-reactive ketones (excluding diaryl/α,β-unsaturated/α-hetero) is 2. The standard InChI is InChI=1S/C8H14O2/c1-5-8(4,6(2)9)7(3)10/h5H2,1-4H3. The van der Waals surface area contributed by atoms with Crippen molar-refractivity contribution in [2.24, 2.45) is 5.41 Å². The molecule has 10 heavy (non-hydrogen) atoms. The van der Waals surface area contributed by atoms with Crippen molar-refractivity contribution in [3.05, 3.63) is 0 Å². The molecule has 0 aromatic heterocycles. The zero-order chi connectivity index (χ0) is 8.36. The molecule has 0 fully saturated rings. The van der Waals surface area contributed by atoms with Crippen LogP contribution >= 0.6 is 0 Å². The molecule has 0 radical (unpaired) electrons. The summed E-state index contributed by atoms with van der Waals surface area (Å²) in [5, 5.41) is 0. The van der Waals surface area contributed by atoms with Gasteiger partial charge in [-0.15, -0.1) is 0 Å². The Morgan fingerprint density at radius 3 is 1.50 bits per heavy atom. The molecule has 2 nitrogen and oxygen atoms in total. The molecule has 0 aromatic carbocycles. The maximum absolute atomic E-state index is 10.9. The van der Waals surface area contributed by atoms with E-state index in [4.69, 9.17) is 0 Å². The fourth-order valence-electron chi connectivity index (χ4n) is 0.746. The molecule has 2 heteroatoms. The molecule has 0 bridgehead atoms. The van der Waals surface area contributed by atoms with Crippen molar-refractivity contribution in [2.75, 3.05) is 0 Å². The lowest BCUT2D eigenvalue weighted by Crippen LogP contribution is -2.32. The highest BCUT2D eigenvalue weighted by Crippen LogP contribution is 2.22. The number of carbonyl (C=O) groups excluding carboxylic acids is 2. The van der Waals surface area contributed by atoms with Crippen LogP contribution in [0.5, 0.6) is 0 Å². The van der Waals surface area contributed by atoms with Crippen LogP contribution in [0.25, 0.3) is 0 Å². The van der Waals surface area contributed by atoms with Gasteiger partial charge >= 0.3 is 0 Å². The van der Waals surface area contributed by atoms with Crippen molar-refractivity contribution in [3.8, 4) is 0 Å². The molecule has 0 amide bonds. The van der Waals surface area contributed by atoms with E-state index in [2.05, 4.69) is 0 Å². The lowest BCUT2D eigenvalue weighted by atomic mass is 9.80. The Hall–Kier alpha value is -0.660. The summed E-state index contributed by atoms with van der Waals surface area (Å²) in [6.07, 6.45) is 0.595. The summed E-state index contributed by atoms with van der Waals surface area (Å²) in [4.78, 5) is 21.8. The van der Waals surface area contributed by atoms with Crippen molar-refractivity contribution >= 4 is 11.6 Å². The highest BCUT2D eigenvalue weighted by atomic mass is 16.2. The number of ketones is 2. The van der Waals surface area contributed by atoms with E-state index in [9.17, 15) is 9.59 Å². The Bertz CT molecular complexity index is 145. The van der Waals surface area contributed by atoms with Gasteiger partial charge in [-0.3, -0.25) is 9.59 Å². The normalized spacial score (nSPS) is 11.2. The van der Waals surface area contributed by atoms with E-state index < -0.39 is 5.41 Å². The predicted molar refractivity (Wildman–Crippen MR) is 39.8 cm³/mol. The molecular formula is C8H14O2. The van der Waals surface area contributed by atoms with Gasteiger partial charge in [0.15, 0.2) is 0 Å². The van der Waals surface area contributed by atoms with E-state index in [1.54, 1.807) is 6.92 Å². The topological polar surface area (TPSA) is 34.1 Å². The molecule has 0 unspecified atom stereocenters. The number of carbonyl (C=O) groups is 2. The molecule has 58 valence electrons. The second-order valence-electron chi connectivity index (χ2n) is 2.80. The monoisotopic (exact) mass is 142 g/mol. The largest absolute Gasteiger partial charge is 0.299 e. The van der Waals surface area contributed by atoms with Gasteiger partial charge in [-0.2, -0.15) is 0 Å². The summed E-state index contributed by atoms with van der Waals surface area (Å²) in [6.45, 7) is 6.47. The minimum absolute atomic E-state index is 0.0394. The van der Waals surface area contributed by atoms with Crippen molar-refractivity contribution in [1.29, 1.82) is 0 Å². The molecule has 0 aliphatic rings. The molecule has 0 aromatic rings. The first-order valence-corrected chi connectivity index (χ1v) is 3.47. The van der Waals surface area contributed by atoms with Crippen LogP contribution in [0.4, 0.5) is 0 Å². The summed E-state index contributed by atoms with van der Waals surface area (Å²) in [6, 6.07) is 0. The highest BCUT2D eigenvalue weighted by molar-refractivity contribution is 6.04. The predicted octanol–water partition coefficient (Wildman–Crippen LogP) is 1.58. The van der Waals surface area contributed by atoms with E-state index in [1.165, 1.54) is 13.8 Å². The SMILES string of the molecule is CCC(C)(C(C)=O)C(C)=O. The van der Waals surface area contributed by atoms with Gasteiger partial charge in [0.25, 0.3) is 0 Å². The van der Waals surface area contributed by atoms with E-state index >= 15 is 0 Å². The average Bonchev–Trinajstić information content (AvgIpc) is 1.85. The number of hydrogen-bond donors (Lipinski definition) is 0. The van der Waals surface area contributed by atoms with Crippen molar-refractivity contribution < 1.29 is 9.59 Å². The Labute approximate surface area is 61.6 Å². The van der Waals surface area contributed by atoms with Crippen LogP contribution in [-0.2, 0) is 9.59 Å². The van der Waals surface area contributed by atoms with Crippen LogP contribution < -0.4 is 0 Å². The molecule has 0 atom stereocenters. The third-order valence-corrected chi connectivity index (χ3v) is 2.26. The summed E-state index contributed by atoms with van der Waals surface area (Å²) in [5.41, 5.74) is -0.736. The average molecular weight is 142 g/mol.